The Morgan fingerprint density at radius 2 is 2.21 bits per heavy atom. The second kappa shape index (κ2) is 4.84. The van der Waals surface area contributed by atoms with Gasteiger partial charge >= 0.3 is 0 Å². The van der Waals surface area contributed by atoms with E-state index in [1.54, 1.807) is 0 Å². The maximum atomic E-state index is 4.12. The van der Waals surface area contributed by atoms with E-state index in [-0.39, 0.29) is 5.54 Å². The molecule has 0 spiro atoms. The topological polar surface area (TPSA) is 29.9 Å². The molecular weight excluding hydrogens is 194 g/mol. The van der Waals surface area contributed by atoms with Gasteiger partial charge in [-0.2, -0.15) is 5.10 Å². The fourth-order valence-electron chi connectivity index (χ4n) is 1.07. The Hall–Kier alpha value is -0.480. The number of hydrogen-bond acceptors (Lipinski definition) is 3. The van der Waals surface area contributed by atoms with Gasteiger partial charge in [-0.1, -0.05) is 0 Å². The SMILES string of the molecule is Cn1cc(SCCNC(C)(C)C)cn1. The van der Waals surface area contributed by atoms with Crippen LogP contribution < -0.4 is 5.32 Å². The Morgan fingerprint density at radius 1 is 1.50 bits per heavy atom. The molecule has 3 nitrogen and oxygen atoms in total. The molecule has 0 fully saturated rings. The Bertz CT molecular complexity index is 275. The van der Waals surface area contributed by atoms with E-state index < -0.39 is 0 Å². The minimum absolute atomic E-state index is 0.218. The van der Waals surface area contributed by atoms with Crippen LogP contribution in [0.25, 0.3) is 0 Å². The largest absolute Gasteiger partial charge is 0.311 e. The van der Waals surface area contributed by atoms with E-state index in [0.717, 1.165) is 12.3 Å². The molecule has 1 heterocycles. The number of nitrogens with zero attached hydrogens (tertiary/aromatic N) is 2. The third kappa shape index (κ3) is 4.67. The van der Waals surface area contributed by atoms with Gasteiger partial charge < -0.3 is 5.32 Å². The van der Waals surface area contributed by atoms with Crippen LogP contribution in [0, 0.1) is 0 Å². The summed E-state index contributed by atoms with van der Waals surface area (Å²) < 4.78 is 1.83. The van der Waals surface area contributed by atoms with Gasteiger partial charge in [0, 0.05) is 36.0 Å². The highest BCUT2D eigenvalue weighted by Crippen LogP contribution is 2.15. The normalized spacial score (nSPS) is 12.0. The third-order valence-electron chi connectivity index (χ3n) is 1.71. The Morgan fingerprint density at radius 3 is 2.71 bits per heavy atom. The average Bonchev–Trinajstić information content (AvgIpc) is 2.44. The smallest absolute Gasteiger partial charge is 0.0625 e. The quantitative estimate of drug-likeness (QED) is 0.612. The molecule has 80 valence electrons. The predicted molar refractivity (Wildman–Crippen MR) is 61.7 cm³/mol. The zero-order valence-corrected chi connectivity index (χ0v) is 10.2. The van der Waals surface area contributed by atoms with E-state index in [2.05, 4.69) is 31.2 Å². The first-order valence-corrected chi connectivity index (χ1v) is 5.82. The van der Waals surface area contributed by atoms with E-state index >= 15 is 0 Å². The number of hydrogen-bond donors (Lipinski definition) is 1. The standard InChI is InChI=1S/C10H19N3S/c1-10(2,3)11-5-6-14-9-7-12-13(4)8-9/h7-8,11H,5-6H2,1-4H3. The first kappa shape index (κ1) is 11.6. The van der Waals surface area contributed by atoms with Crippen molar-refractivity contribution in [1.29, 1.82) is 0 Å². The molecule has 0 aromatic carbocycles. The van der Waals surface area contributed by atoms with Crippen molar-refractivity contribution in [3.05, 3.63) is 12.4 Å². The summed E-state index contributed by atoms with van der Waals surface area (Å²) in [4.78, 5) is 1.24. The molecule has 0 unspecified atom stereocenters. The van der Waals surface area contributed by atoms with Gasteiger partial charge in [0.15, 0.2) is 0 Å². The van der Waals surface area contributed by atoms with Gasteiger partial charge in [-0.3, -0.25) is 4.68 Å². The summed E-state index contributed by atoms with van der Waals surface area (Å²) in [6.07, 6.45) is 3.95. The van der Waals surface area contributed by atoms with Gasteiger partial charge in [0.25, 0.3) is 0 Å². The highest BCUT2D eigenvalue weighted by molar-refractivity contribution is 7.99. The Balaban J connectivity index is 2.16. The van der Waals surface area contributed by atoms with Crippen LogP contribution in [-0.4, -0.2) is 27.6 Å². The summed E-state index contributed by atoms with van der Waals surface area (Å²) in [6.45, 7) is 7.58. The molecule has 0 aliphatic carbocycles. The summed E-state index contributed by atoms with van der Waals surface area (Å²) in [5.41, 5.74) is 0.218. The monoisotopic (exact) mass is 213 g/mol. The van der Waals surface area contributed by atoms with Gasteiger partial charge in [-0.25, -0.2) is 0 Å². The molecule has 0 aliphatic heterocycles. The zero-order valence-electron chi connectivity index (χ0n) is 9.37. The first-order valence-electron chi connectivity index (χ1n) is 4.84. The average molecular weight is 213 g/mol. The molecule has 0 atom stereocenters. The number of thioether (sulfide) groups is 1. The van der Waals surface area contributed by atoms with E-state index in [4.69, 9.17) is 0 Å². The second-order valence-electron chi connectivity index (χ2n) is 4.37. The van der Waals surface area contributed by atoms with Gasteiger partial charge in [0.2, 0.25) is 0 Å². The number of nitrogens with one attached hydrogen (secondary N) is 1. The number of rotatable bonds is 4. The lowest BCUT2D eigenvalue weighted by molar-refractivity contribution is 0.441. The van der Waals surface area contributed by atoms with Gasteiger partial charge in [0.1, 0.15) is 0 Å². The molecule has 0 saturated heterocycles. The minimum Gasteiger partial charge on any atom is -0.311 e. The van der Waals surface area contributed by atoms with Crippen molar-refractivity contribution in [2.45, 2.75) is 31.2 Å². The van der Waals surface area contributed by atoms with Crippen LogP contribution in [0.15, 0.2) is 17.3 Å². The number of aryl methyl sites for hydroxylation is 1. The van der Waals surface area contributed by atoms with Gasteiger partial charge in [0.05, 0.1) is 6.20 Å². The molecule has 14 heavy (non-hydrogen) atoms. The maximum Gasteiger partial charge on any atom is 0.0625 e. The van der Waals surface area contributed by atoms with Crippen molar-refractivity contribution in [3.8, 4) is 0 Å². The van der Waals surface area contributed by atoms with Crippen molar-refractivity contribution < 1.29 is 0 Å². The summed E-state index contributed by atoms with van der Waals surface area (Å²) >= 11 is 1.84. The summed E-state index contributed by atoms with van der Waals surface area (Å²) in [5.74, 6) is 1.09. The lowest BCUT2D eigenvalue weighted by Gasteiger charge is -2.19. The van der Waals surface area contributed by atoms with Crippen LogP contribution in [0.3, 0.4) is 0 Å². The van der Waals surface area contributed by atoms with E-state index in [1.807, 2.05) is 35.9 Å². The lowest BCUT2D eigenvalue weighted by Crippen LogP contribution is -2.37. The fraction of sp³-hybridized carbons (Fsp3) is 0.700. The maximum absolute atomic E-state index is 4.12. The molecule has 1 aromatic rings. The van der Waals surface area contributed by atoms with E-state index in [1.165, 1.54) is 4.90 Å². The van der Waals surface area contributed by atoms with Crippen LogP contribution in [0.2, 0.25) is 0 Å². The molecule has 0 aliphatic rings. The van der Waals surface area contributed by atoms with Crippen LogP contribution in [0.4, 0.5) is 0 Å². The van der Waals surface area contributed by atoms with Crippen molar-refractivity contribution in [3.63, 3.8) is 0 Å². The summed E-state index contributed by atoms with van der Waals surface area (Å²) in [6, 6.07) is 0. The Labute approximate surface area is 90.3 Å². The van der Waals surface area contributed by atoms with Crippen molar-refractivity contribution >= 4 is 11.8 Å². The van der Waals surface area contributed by atoms with Crippen molar-refractivity contribution in [1.82, 2.24) is 15.1 Å². The molecule has 1 aromatic heterocycles. The van der Waals surface area contributed by atoms with E-state index in [0.29, 0.717) is 0 Å². The van der Waals surface area contributed by atoms with Gasteiger partial charge in [-0.05, 0) is 20.8 Å². The van der Waals surface area contributed by atoms with Crippen LogP contribution >= 0.6 is 11.8 Å². The number of aromatic nitrogens is 2. The summed E-state index contributed by atoms with van der Waals surface area (Å²) in [5, 5.41) is 7.57. The van der Waals surface area contributed by atoms with Crippen LogP contribution in [-0.2, 0) is 7.05 Å². The molecule has 0 bridgehead atoms. The molecule has 1 N–H and O–H groups in total. The minimum atomic E-state index is 0.218. The van der Waals surface area contributed by atoms with Crippen LogP contribution in [0.1, 0.15) is 20.8 Å². The lowest BCUT2D eigenvalue weighted by atomic mass is 10.1. The molecule has 1 rings (SSSR count). The molecule has 0 saturated carbocycles. The molecule has 0 radical (unpaired) electrons. The second-order valence-corrected chi connectivity index (χ2v) is 5.54. The molecule has 4 heteroatoms. The highest BCUT2D eigenvalue weighted by Gasteiger charge is 2.07. The molecule has 0 amide bonds. The van der Waals surface area contributed by atoms with Crippen LogP contribution in [0.5, 0.6) is 0 Å². The highest BCUT2D eigenvalue weighted by atomic mass is 32.2. The van der Waals surface area contributed by atoms with E-state index in [9.17, 15) is 0 Å². The van der Waals surface area contributed by atoms with Crippen molar-refractivity contribution in [2.75, 3.05) is 12.3 Å². The predicted octanol–water partition coefficient (Wildman–Crippen LogP) is 1.90. The summed E-state index contributed by atoms with van der Waals surface area (Å²) in [7, 11) is 1.94. The zero-order chi connectivity index (χ0) is 10.6. The van der Waals surface area contributed by atoms with Crippen molar-refractivity contribution in [2.24, 2.45) is 7.05 Å². The first-order chi connectivity index (χ1) is 6.47. The fourth-order valence-corrected chi connectivity index (χ4v) is 1.86. The molecular formula is C10H19N3S. The van der Waals surface area contributed by atoms with Gasteiger partial charge in [-0.15, -0.1) is 11.8 Å². The Kier molecular flexibility index (Phi) is 4.01. The third-order valence-corrected chi connectivity index (χ3v) is 2.66.